The number of rotatable bonds is 5. The van der Waals surface area contributed by atoms with Crippen LogP contribution >= 0.6 is 0 Å². The van der Waals surface area contributed by atoms with Crippen LogP contribution in [0.4, 0.5) is 17.3 Å². The highest BCUT2D eigenvalue weighted by atomic mass is 15.2. The van der Waals surface area contributed by atoms with Crippen molar-refractivity contribution >= 4 is 17.3 Å². The molecule has 0 fully saturated rings. The number of nitrogens with one attached hydrogen (secondary N) is 1. The van der Waals surface area contributed by atoms with Crippen molar-refractivity contribution in [3.05, 3.63) is 30.9 Å². The topological polar surface area (TPSA) is 71.8 Å². The highest BCUT2D eigenvalue weighted by molar-refractivity contribution is 5.60. The third-order valence-electron chi connectivity index (χ3n) is 2.90. The average Bonchev–Trinajstić information content (AvgIpc) is 2.98. The van der Waals surface area contributed by atoms with Gasteiger partial charge in [0.1, 0.15) is 18.0 Å². The van der Waals surface area contributed by atoms with Gasteiger partial charge in [-0.25, -0.2) is 9.97 Å². The molecule has 2 aromatic heterocycles. The van der Waals surface area contributed by atoms with E-state index in [9.17, 15) is 0 Å². The highest BCUT2D eigenvalue weighted by Crippen LogP contribution is 2.22. The lowest BCUT2D eigenvalue weighted by Crippen LogP contribution is -2.20. The molecule has 0 saturated heterocycles. The summed E-state index contributed by atoms with van der Waals surface area (Å²) in [5.74, 6) is 1.62. The second kappa shape index (κ2) is 5.87. The average molecular weight is 256 g/mol. The Bertz CT molecular complexity index is 557. The van der Waals surface area contributed by atoms with Crippen molar-refractivity contribution in [3.8, 4) is 6.07 Å². The van der Waals surface area contributed by atoms with Crippen LogP contribution in [0.25, 0.3) is 0 Å². The molecule has 0 amide bonds. The predicted octanol–water partition coefficient (Wildman–Crippen LogP) is 1.92. The zero-order chi connectivity index (χ0) is 13.7. The fourth-order valence-electron chi connectivity index (χ4n) is 1.72. The molecule has 0 aliphatic heterocycles. The Morgan fingerprint density at radius 3 is 2.79 bits per heavy atom. The summed E-state index contributed by atoms with van der Waals surface area (Å²) in [7, 11) is 3.87. The molecule has 0 aromatic carbocycles. The van der Waals surface area contributed by atoms with Gasteiger partial charge in [0.2, 0.25) is 0 Å². The molecular weight excluding hydrogens is 240 g/mol. The second-order valence-electron chi connectivity index (χ2n) is 4.19. The van der Waals surface area contributed by atoms with Gasteiger partial charge in [-0.2, -0.15) is 5.26 Å². The SMILES string of the molecule is CN(CCC#N)c1cc(N(C)c2cc[nH]c2)ncn1. The van der Waals surface area contributed by atoms with Crippen LogP contribution < -0.4 is 9.80 Å². The molecule has 0 unspecified atom stereocenters. The molecule has 2 aromatic rings. The van der Waals surface area contributed by atoms with Crippen LogP contribution in [0.3, 0.4) is 0 Å². The summed E-state index contributed by atoms with van der Waals surface area (Å²) in [5, 5.41) is 8.61. The summed E-state index contributed by atoms with van der Waals surface area (Å²) in [4.78, 5) is 15.4. The van der Waals surface area contributed by atoms with E-state index < -0.39 is 0 Å². The number of nitrogens with zero attached hydrogens (tertiary/aromatic N) is 5. The maximum atomic E-state index is 8.61. The third-order valence-corrected chi connectivity index (χ3v) is 2.90. The first kappa shape index (κ1) is 12.9. The van der Waals surface area contributed by atoms with Crippen LogP contribution in [-0.4, -0.2) is 35.6 Å². The number of nitriles is 1. The van der Waals surface area contributed by atoms with Crippen molar-refractivity contribution in [2.75, 3.05) is 30.4 Å². The van der Waals surface area contributed by atoms with Gasteiger partial charge in [-0.15, -0.1) is 0 Å². The van der Waals surface area contributed by atoms with Gasteiger partial charge in [0, 0.05) is 39.1 Å². The molecule has 2 heterocycles. The molecule has 2 rings (SSSR count). The fourth-order valence-corrected chi connectivity index (χ4v) is 1.72. The number of hydrogen-bond acceptors (Lipinski definition) is 5. The van der Waals surface area contributed by atoms with Crippen LogP contribution in [-0.2, 0) is 0 Å². The minimum Gasteiger partial charge on any atom is -0.366 e. The normalized spacial score (nSPS) is 9.95. The molecule has 6 nitrogen and oxygen atoms in total. The summed E-state index contributed by atoms with van der Waals surface area (Å²) in [6.07, 6.45) is 5.79. The fraction of sp³-hybridized carbons (Fsp3) is 0.308. The Labute approximate surface area is 112 Å². The molecule has 0 aliphatic carbocycles. The van der Waals surface area contributed by atoms with Crippen molar-refractivity contribution in [3.63, 3.8) is 0 Å². The molecule has 0 aliphatic rings. The summed E-state index contributed by atoms with van der Waals surface area (Å²) in [5.41, 5.74) is 1.03. The molecule has 0 atom stereocenters. The summed E-state index contributed by atoms with van der Waals surface area (Å²) < 4.78 is 0. The lowest BCUT2D eigenvalue weighted by molar-refractivity contribution is 0.877. The number of anilines is 3. The van der Waals surface area contributed by atoms with Crippen molar-refractivity contribution in [1.29, 1.82) is 5.26 Å². The van der Waals surface area contributed by atoms with Crippen LogP contribution in [0.15, 0.2) is 30.9 Å². The van der Waals surface area contributed by atoms with Crippen molar-refractivity contribution < 1.29 is 0 Å². The Morgan fingerprint density at radius 2 is 2.11 bits per heavy atom. The summed E-state index contributed by atoms with van der Waals surface area (Å²) in [6.45, 7) is 0.654. The van der Waals surface area contributed by atoms with E-state index in [1.165, 1.54) is 6.33 Å². The minimum atomic E-state index is 0.476. The first-order valence-corrected chi connectivity index (χ1v) is 5.99. The first-order valence-electron chi connectivity index (χ1n) is 5.99. The second-order valence-corrected chi connectivity index (χ2v) is 4.19. The van der Waals surface area contributed by atoms with E-state index >= 15 is 0 Å². The molecule has 19 heavy (non-hydrogen) atoms. The molecule has 1 N–H and O–H groups in total. The lowest BCUT2D eigenvalue weighted by Gasteiger charge is -2.20. The van der Waals surface area contributed by atoms with E-state index in [2.05, 4.69) is 21.0 Å². The van der Waals surface area contributed by atoms with Crippen LogP contribution in [0.1, 0.15) is 6.42 Å². The third kappa shape index (κ3) is 3.01. The van der Waals surface area contributed by atoms with Gasteiger partial charge in [0.05, 0.1) is 18.2 Å². The van der Waals surface area contributed by atoms with Crippen LogP contribution in [0.2, 0.25) is 0 Å². The van der Waals surface area contributed by atoms with Gasteiger partial charge in [-0.1, -0.05) is 0 Å². The molecule has 0 saturated carbocycles. The van der Waals surface area contributed by atoms with Crippen LogP contribution in [0.5, 0.6) is 0 Å². The van der Waals surface area contributed by atoms with E-state index in [4.69, 9.17) is 5.26 Å². The molecule has 0 radical (unpaired) electrons. The Morgan fingerprint density at radius 1 is 1.32 bits per heavy atom. The van der Waals surface area contributed by atoms with Gasteiger partial charge >= 0.3 is 0 Å². The monoisotopic (exact) mass is 256 g/mol. The molecular formula is C13H16N6. The van der Waals surface area contributed by atoms with E-state index in [0.29, 0.717) is 13.0 Å². The quantitative estimate of drug-likeness (QED) is 0.884. The Hall–Kier alpha value is -2.55. The predicted molar refractivity (Wildman–Crippen MR) is 74.4 cm³/mol. The number of aromatic nitrogens is 3. The first-order chi connectivity index (χ1) is 9.22. The van der Waals surface area contributed by atoms with Gasteiger partial charge in [0.15, 0.2) is 0 Å². The van der Waals surface area contributed by atoms with E-state index in [1.807, 2.05) is 48.4 Å². The smallest absolute Gasteiger partial charge is 0.138 e. The Balaban J connectivity index is 2.17. The maximum absolute atomic E-state index is 8.61. The van der Waals surface area contributed by atoms with Gasteiger partial charge in [-0.05, 0) is 6.07 Å². The number of hydrogen-bond donors (Lipinski definition) is 1. The number of H-pyrrole nitrogens is 1. The largest absolute Gasteiger partial charge is 0.366 e. The summed E-state index contributed by atoms with van der Waals surface area (Å²) >= 11 is 0. The van der Waals surface area contributed by atoms with E-state index in [1.54, 1.807) is 0 Å². The zero-order valence-electron chi connectivity index (χ0n) is 11.0. The van der Waals surface area contributed by atoms with Gasteiger partial charge in [-0.3, -0.25) is 0 Å². The minimum absolute atomic E-state index is 0.476. The van der Waals surface area contributed by atoms with Crippen LogP contribution in [0, 0.1) is 11.3 Å². The molecule has 6 heteroatoms. The van der Waals surface area contributed by atoms with Crippen molar-refractivity contribution in [2.45, 2.75) is 6.42 Å². The molecule has 0 spiro atoms. The standard InChI is InChI=1S/C13H16N6/c1-18(7-3-5-14)12-8-13(17-10-16-12)19(2)11-4-6-15-9-11/h4,6,8-10,15H,3,7H2,1-2H3. The highest BCUT2D eigenvalue weighted by Gasteiger charge is 2.09. The van der Waals surface area contributed by atoms with E-state index in [0.717, 1.165) is 17.3 Å². The molecule has 98 valence electrons. The zero-order valence-corrected chi connectivity index (χ0v) is 11.0. The van der Waals surface area contributed by atoms with Crippen molar-refractivity contribution in [1.82, 2.24) is 15.0 Å². The van der Waals surface area contributed by atoms with Gasteiger partial charge < -0.3 is 14.8 Å². The summed E-state index contributed by atoms with van der Waals surface area (Å²) in [6, 6.07) is 6.01. The lowest BCUT2D eigenvalue weighted by atomic mass is 10.4. The van der Waals surface area contributed by atoms with Crippen molar-refractivity contribution in [2.24, 2.45) is 0 Å². The molecule has 0 bridgehead atoms. The maximum Gasteiger partial charge on any atom is 0.138 e. The van der Waals surface area contributed by atoms with Gasteiger partial charge in [0.25, 0.3) is 0 Å². The number of aromatic amines is 1. The van der Waals surface area contributed by atoms with E-state index in [-0.39, 0.29) is 0 Å². The Kier molecular flexibility index (Phi) is 3.98.